The summed E-state index contributed by atoms with van der Waals surface area (Å²) in [6.45, 7) is 0. The number of rotatable bonds is 8. The second-order valence-corrected chi connectivity index (χ2v) is 13.4. The maximum Gasteiger partial charge on any atom is 0.227 e. The molecule has 3 N–H and O–H groups in total. The van der Waals surface area contributed by atoms with Gasteiger partial charge in [0.15, 0.2) is 11.5 Å². The zero-order chi connectivity index (χ0) is 30.4. The van der Waals surface area contributed by atoms with Crippen LogP contribution in [0.4, 0.5) is 10.1 Å². The quantitative estimate of drug-likeness (QED) is 0.215. The van der Waals surface area contributed by atoms with Gasteiger partial charge >= 0.3 is 0 Å². The number of fused-ring (bicyclic) bond motifs is 2. The number of pyridine rings is 3. The Morgan fingerprint density at radius 2 is 1.89 bits per heavy atom. The minimum Gasteiger partial charge on any atom is -0.337 e. The largest absolute Gasteiger partial charge is 0.337 e. The van der Waals surface area contributed by atoms with Gasteiger partial charge in [-0.2, -0.15) is 5.10 Å². The molecule has 1 saturated carbocycles. The van der Waals surface area contributed by atoms with Crippen molar-refractivity contribution in [3.8, 4) is 33.9 Å². The number of carbonyl (C=O) groups excluding carboxylic acids is 1. The van der Waals surface area contributed by atoms with Crippen molar-refractivity contribution in [2.24, 2.45) is 5.92 Å². The van der Waals surface area contributed by atoms with Crippen LogP contribution in [0.5, 0.6) is 0 Å². The summed E-state index contributed by atoms with van der Waals surface area (Å²) in [5.74, 6) is -0.00202. The fourth-order valence-electron chi connectivity index (χ4n) is 5.32. The third kappa shape index (κ3) is 5.53. The molecule has 5 heterocycles. The smallest absolute Gasteiger partial charge is 0.227 e. The third-order valence-electron chi connectivity index (χ3n) is 7.85. The summed E-state index contributed by atoms with van der Waals surface area (Å²) >= 11 is 0. The van der Waals surface area contributed by atoms with Gasteiger partial charge < -0.3 is 10.3 Å². The van der Waals surface area contributed by atoms with E-state index >= 15 is 0 Å². The standard InChI is InChI=1S/C31H27FN8O3S/c1-44(42,43)8-6-17-9-19(11-22(32)10-17)26-28-25(5-7-34-26)37-30(38-28)27-24-13-21(15-35-29(24)40-39-27)20-12-23(16-33-14-20)36-31(41)18-3-2-4-18/h5,7,9-16,18H,2-4,6,8H2,1H3,(H,36,41)(H,37,38)(H,35,39,40). The number of H-pyrrole nitrogens is 2. The monoisotopic (exact) mass is 610 g/mol. The van der Waals surface area contributed by atoms with Crippen LogP contribution in [0.15, 0.2) is 61.2 Å². The van der Waals surface area contributed by atoms with Crippen molar-refractivity contribution in [1.29, 1.82) is 0 Å². The van der Waals surface area contributed by atoms with Crippen molar-refractivity contribution in [2.75, 3.05) is 17.3 Å². The number of imidazole rings is 1. The van der Waals surface area contributed by atoms with Crippen molar-refractivity contribution in [1.82, 2.24) is 35.1 Å². The van der Waals surface area contributed by atoms with E-state index in [9.17, 15) is 17.6 Å². The molecule has 222 valence electrons. The molecule has 0 unspecified atom stereocenters. The molecular weight excluding hydrogens is 583 g/mol. The molecule has 5 aromatic heterocycles. The van der Waals surface area contributed by atoms with Gasteiger partial charge in [0.2, 0.25) is 5.91 Å². The molecule has 0 radical (unpaired) electrons. The summed E-state index contributed by atoms with van der Waals surface area (Å²) in [4.78, 5) is 33.9. The van der Waals surface area contributed by atoms with Crippen molar-refractivity contribution < 1.29 is 17.6 Å². The molecule has 13 heteroatoms. The van der Waals surface area contributed by atoms with E-state index in [4.69, 9.17) is 4.98 Å². The van der Waals surface area contributed by atoms with Gasteiger partial charge in [0.05, 0.1) is 34.2 Å². The predicted molar refractivity (Wildman–Crippen MR) is 165 cm³/mol. The lowest BCUT2D eigenvalue weighted by Gasteiger charge is -2.24. The Morgan fingerprint density at radius 1 is 1.05 bits per heavy atom. The van der Waals surface area contributed by atoms with Gasteiger partial charge in [-0.3, -0.25) is 19.9 Å². The van der Waals surface area contributed by atoms with Crippen LogP contribution in [-0.4, -0.2) is 61.5 Å². The summed E-state index contributed by atoms with van der Waals surface area (Å²) in [6.07, 6.45) is 10.9. The molecule has 7 rings (SSSR count). The van der Waals surface area contributed by atoms with E-state index in [0.717, 1.165) is 36.6 Å². The zero-order valence-electron chi connectivity index (χ0n) is 23.6. The number of nitrogens with zero attached hydrogens (tertiary/aromatic N) is 5. The lowest BCUT2D eigenvalue weighted by molar-refractivity contribution is -0.122. The molecule has 1 aromatic carbocycles. The fraction of sp³-hybridized carbons (Fsp3) is 0.226. The number of aromatic nitrogens is 7. The first-order valence-electron chi connectivity index (χ1n) is 14.1. The van der Waals surface area contributed by atoms with Crippen molar-refractivity contribution in [2.45, 2.75) is 25.7 Å². The van der Waals surface area contributed by atoms with E-state index in [2.05, 4.69) is 35.5 Å². The normalized spacial score (nSPS) is 13.8. The van der Waals surface area contributed by atoms with Gasteiger partial charge in [-0.25, -0.2) is 22.8 Å². The molecule has 0 aliphatic heterocycles. The number of aryl methyl sites for hydroxylation is 1. The van der Waals surface area contributed by atoms with Crippen LogP contribution >= 0.6 is 0 Å². The summed E-state index contributed by atoms with van der Waals surface area (Å²) in [5.41, 5.74) is 6.00. The van der Waals surface area contributed by atoms with E-state index in [0.29, 0.717) is 56.1 Å². The molecule has 0 bridgehead atoms. The Morgan fingerprint density at radius 3 is 2.68 bits per heavy atom. The number of hydrogen-bond donors (Lipinski definition) is 3. The first kappa shape index (κ1) is 27.8. The molecule has 1 amide bonds. The molecule has 44 heavy (non-hydrogen) atoms. The average molecular weight is 611 g/mol. The van der Waals surface area contributed by atoms with Crippen LogP contribution in [0, 0.1) is 11.7 Å². The zero-order valence-corrected chi connectivity index (χ0v) is 24.4. The number of amides is 1. The van der Waals surface area contributed by atoms with Crippen LogP contribution in [-0.2, 0) is 21.1 Å². The third-order valence-corrected chi connectivity index (χ3v) is 8.80. The number of halogens is 1. The second-order valence-electron chi connectivity index (χ2n) is 11.1. The Kier molecular flexibility index (Phi) is 6.88. The number of benzene rings is 1. The Balaban J connectivity index is 1.23. The van der Waals surface area contributed by atoms with Crippen LogP contribution in [0.1, 0.15) is 24.8 Å². The molecule has 11 nitrogen and oxygen atoms in total. The maximum absolute atomic E-state index is 14.6. The van der Waals surface area contributed by atoms with Crippen LogP contribution < -0.4 is 5.32 Å². The van der Waals surface area contributed by atoms with E-state index < -0.39 is 15.7 Å². The van der Waals surface area contributed by atoms with E-state index in [-0.39, 0.29) is 24.0 Å². The van der Waals surface area contributed by atoms with E-state index in [1.807, 2.05) is 12.1 Å². The predicted octanol–water partition coefficient (Wildman–Crippen LogP) is 5.09. The van der Waals surface area contributed by atoms with Gasteiger partial charge in [-0.1, -0.05) is 6.42 Å². The Hall–Kier alpha value is -5.04. The van der Waals surface area contributed by atoms with Crippen LogP contribution in [0.2, 0.25) is 0 Å². The summed E-state index contributed by atoms with van der Waals surface area (Å²) in [7, 11) is -3.21. The first-order chi connectivity index (χ1) is 21.2. The number of sulfone groups is 1. The highest BCUT2D eigenvalue weighted by Gasteiger charge is 2.25. The topological polar surface area (TPSA) is 159 Å². The second kappa shape index (κ2) is 10.9. The highest BCUT2D eigenvalue weighted by molar-refractivity contribution is 7.90. The minimum absolute atomic E-state index is 0.0167. The molecule has 0 atom stereocenters. The maximum atomic E-state index is 14.6. The molecule has 1 aliphatic rings. The van der Waals surface area contributed by atoms with Gasteiger partial charge in [-0.15, -0.1) is 0 Å². The van der Waals surface area contributed by atoms with Crippen molar-refractivity contribution >= 4 is 43.5 Å². The fourth-order valence-corrected chi connectivity index (χ4v) is 5.93. The number of anilines is 1. The number of aromatic amines is 2. The lowest BCUT2D eigenvalue weighted by Crippen LogP contribution is -2.28. The van der Waals surface area contributed by atoms with Gasteiger partial charge in [-0.05, 0) is 61.2 Å². The van der Waals surface area contributed by atoms with Gasteiger partial charge in [0.25, 0.3) is 0 Å². The van der Waals surface area contributed by atoms with Crippen molar-refractivity contribution in [3.05, 3.63) is 72.6 Å². The van der Waals surface area contributed by atoms with E-state index in [1.165, 1.54) is 12.1 Å². The molecule has 6 aromatic rings. The lowest BCUT2D eigenvalue weighted by atomic mass is 9.85. The van der Waals surface area contributed by atoms with Gasteiger partial charge in [0.1, 0.15) is 26.9 Å². The summed E-state index contributed by atoms with van der Waals surface area (Å²) < 4.78 is 37.9. The Bertz CT molecular complexity index is 2170. The molecular formula is C31H27FN8O3S. The SMILES string of the molecule is CS(=O)(=O)CCc1cc(F)cc(-c2nccc3[nH]c(-c4[nH]nc5ncc(-c6cncc(NC(=O)C7CCC7)c6)cc45)nc23)c1. The summed E-state index contributed by atoms with van der Waals surface area (Å²) in [5, 5.41) is 11.1. The first-order valence-corrected chi connectivity index (χ1v) is 16.2. The minimum atomic E-state index is -3.21. The highest BCUT2D eigenvalue weighted by Crippen LogP contribution is 2.33. The summed E-state index contributed by atoms with van der Waals surface area (Å²) in [6, 6.07) is 10.0. The van der Waals surface area contributed by atoms with Crippen molar-refractivity contribution in [3.63, 3.8) is 0 Å². The number of nitrogens with one attached hydrogen (secondary N) is 3. The molecule has 0 saturated heterocycles. The van der Waals surface area contributed by atoms with Crippen LogP contribution in [0.25, 0.3) is 56.0 Å². The highest BCUT2D eigenvalue weighted by atomic mass is 32.2. The Labute approximate surface area is 251 Å². The average Bonchev–Trinajstić information content (AvgIpc) is 3.58. The molecule has 1 fully saturated rings. The van der Waals surface area contributed by atoms with Crippen LogP contribution in [0.3, 0.4) is 0 Å². The molecule has 0 spiro atoms. The van der Waals surface area contributed by atoms with E-state index in [1.54, 1.807) is 36.9 Å². The number of hydrogen-bond acceptors (Lipinski definition) is 8. The van der Waals surface area contributed by atoms with Gasteiger partial charge in [0, 0.05) is 47.5 Å². The molecule has 1 aliphatic carbocycles. The number of carbonyl (C=O) groups is 1.